The summed E-state index contributed by atoms with van der Waals surface area (Å²) in [6.07, 6.45) is 0. The van der Waals surface area contributed by atoms with Crippen LogP contribution in [0.1, 0.15) is 23.0 Å². The summed E-state index contributed by atoms with van der Waals surface area (Å²) in [4.78, 5) is 14.3. The highest BCUT2D eigenvalue weighted by atomic mass is 35.5. The first-order chi connectivity index (χ1) is 9.66. The number of carbonyl (C=O) groups is 1. The van der Waals surface area contributed by atoms with Crippen LogP contribution >= 0.6 is 11.6 Å². The van der Waals surface area contributed by atoms with Gasteiger partial charge < -0.3 is 4.90 Å². The fourth-order valence-corrected chi connectivity index (χ4v) is 3.07. The minimum Gasteiger partial charge on any atom is -0.345 e. The van der Waals surface area contributed by atoms with Gasteiger partial charge in [0, 0.05) is 24.5 Å². The van der Waals surface area contributed by atoms with Crippen molar-refractivity contribution >= 4 is 17.5 Å². The second kappa shape index (κ2) is 5.29. The lowest BCUT2D eigenvalue weighted by atomic mass is 9.84. The van der Waals surface area contributed by atoms with Gasteiger partial charge in [0.05, 0.1) is 5.92 Å². The molecule has 1 aliphatic heterocycles. The zero-order chi connectivity index (χ0) is 14.1. The standard InChI is InChI=1S/C17H16ClNO/c1-19-11-15(12-7-9-14(18)10-8-12)16(17(19)20)13-5-3-2-4-6-13/h2-10,15-16H,11H2,1H3. The van der Waals surface area contributed by atoms with Crippen LogP contribution in [0.3, 0.4) is 0 Å². The minimum atomic E-state index is -0.0950. The van der Waals surface area contributed by atoms with E-state index < -0.39 is 0 Å². The zero-order valence-electron chi connectivity index (χ0n) is 11.3. The topological polar surface area (TPSA) is 20.3 Å². The first-order valence-electron chi connectivity index (χ1n) is 6.72. The third kappa shape index (κ3) is 2.32. The number of hydrogen-bond donors (Lipinski definition) is 0. The maximum absolute atomic E-state index is 12.5. The number of amides is 1. The zero-order valence-corrected chi connectivity index (χ0v) is 12.0. The van der Waals surface area contributed by atoms with E-state index in [4.69, 9.17) is 11.6 Å². The highest BCUT2D eigenvalue weighted by molar-refractivity contribution is 6.30. The minimum absolute atomic E-state index is 0.0950. The first kappa shape index (κ1) is 13.2. The van der Waals surface area contributed by atoms with E-state index in [1.165, 1.54) is 5.56 Å². The van der Waals surface area contributed by atoms with Gasteiger partial charge in [-0.2, -0.15) is 0 Å². The molecule has 1 heterocycles. The normalized spacial score (nSPS) is 22.3. The Bertz CT molecular complexity index is 609. The van der Waals surface area contributed by atoms with E-state index in [0.717, 1.165) is 17.1 Å². The summed E-state index contributed by atoms with van der Waals surface area (Å²) in [5, 5.41) is 0.725. The summed E-state index contributed by atoms with van der Waals surface area (Å²) >= 11 is 5.95. The van der Waals surface area contributed by atoms with Crippen LogP contribution in [-0.2, 0) is 4.79 Å². The maximum Gasteiger partial charge on any atom is 0.230 e. The molecular weight excluding hydrogens is 270 g/mol. The van der Waals surface area contributed by atoms with Crippen molar-refractivity contribution in [2.24, 2.45) is 0 Å². The van der Waals surface area contributed by atoms with E-state index in [1.807, 2.05) is 66.5 Å². The summed E-state index contributed by atoms with van der Waals surface area (Å²) < 4.78 is 0. The van der Waals surface area contributed by atoms with Crippen molar-refractivity contribution in [1.29, 1.82) is 0 Å². The first-order valence-corrected chi connectivity index (χ1v) is 7.10. The monoisotopic (exact) mass is 285 g/mol. The average molecular weight is 286 g/mol. The molecule has 0 bridgehead atoms. The van der Waals surface area contributed by atoms with Crippen molar-refractivity contribution in [2.45, 2.75) is 11.8 Å². The molecule has 1 fully saturated rings. The number of halogens is 1. The Morgan fingerprint density at radius 3 is 2.30 bits per heavy atom. The molecule has 1 aliphatic rings. The molecule has 102 valence electrons. The van der Waals surface area contributed by atoms with Crippen molar-refractivity contribution in [3.8, 4) is 0 Å². The summed E-state index contributed by atoms with van der Waals surface area (Å²) in [6, 6.07) is 17.8. The lowest BCUT2D eigenvalue weighted by Gasteiger charge is -2.17. The van der Waals surface area contributed by atoms with Crippen molar-refractivity contribution in [3.05, 3.63) is 70.7 Å². The van der Waals surface area contributed by atoms with Gasteiger partial charge in [0.1, 0.15) is 0 Å². The van der Waals surface area contributed by atoms with Gasteiger partial charge in [-0.05, 0) is 23.3 Å². The number of rotatable bonds is 2. The van der Waals surface area contributed by atoms with Crippen LogP contribution in [0.2, 0.25) is 5.02 Å². The van der Waals surface area contributed by atoms with E-state index in [-0.39, 0.29) is 17.7 Å². The molecule has 0 radical (unpaired) electrons. The second-order valence-corrected chi connectivity index (χ2v) is 5.70. The second-order valence-electron chi connectivity index (χ2n) is 5.27. The third-order valence-corrected chi connectivity index (χ3v) is 4.22. The highest BCUT2D eigenvalue weighted by Gasteiger charge is 2.40. The van der Waals surface area contributed by atoms with Crippen molar-refractivity contribution < 1.29 is 4.79 Å². The van der Waals surface area contributed by atoms with Crippen molar-refractivity contribution in [3.63, 3.8) is 0 Å². The molecule has 2 aromatic rings. The molecule has 20 heavy (non-hydrogen) atoms. The predicted molar refractivity (Wildman–Crippen MR) is 81.0 cm³/mol. The van der Waals surface area contributed by atoms with Gasteiger partial charge in [-0.15, -0.1) is 0 Å². The fourth-order valence-electron chi connectivity index (χ4n) is 2.94. The van der Waals surface area contributed by atoms with Gasteiger partial charge in [-0.1, -0.05) is 54.1 Å². The Morgan fingerprint density at radius 1 is 1.00 bits per heavy atom. The average Bonchev–Trinajstić information content (AvgIpc) is 2.77. The van der Waals surface area contributed by atoms with Crippen molar-refractivity contribution in [2.75, 3.05) is 13.6 Å². The van der Waals surface area contributed by atoms with Crippen LogP contribution in [0.4, 0.5) is 0 Å². The molecule has 0 aliphatic carbocycles. The summed E-state index contributed by atoms with van der Waals surface area (Å²) in [5.74, 6) is 0.283. The molecule has 0 saturated carbocycles. The lowest BCUT2D eigenvalue weighted by Crippen LogP contribution is -2.21. The third-order valence-electron chi connectivity index (χ3n) is 3.97. The largest absolute Gasteiger partial charge is 0.345 e. The summed E-state index contributed by atoms with van der Waals surface area (Å²) in [6.45, 7) is 0.750. The van der Waals surface area contributed by atoms with E-state index in [9.17, 15) is 4.79 Å². The molecule has 2 aromatic carbocycles. The molecule has 2 atom stereocenters. The van der Waals surface area contributed by atoms with E-state index in [0.29, 0.717) is 0 Å². The van der Waals surface area contributed by atoms with Crippen LogP contribution in [0.25, 0.3) is 0 Å². The number of nitrogens with zero attached hydrogens (tertiary/aromatic N) is 1. The molecule has 2 unspecified atom stereocenters. The SMILES string of the molecule is CN1CC(c2ccc(Cl)cc2)C(c2ccccc2)C1=O. The Morgan fingerprint density at radius 2 is 1.65 bits per heavy atom. The van der Waals surface area contributed by atoms with Gasteiger partial charge >= 0.3 is 0 Å². The molecule has 0 spiro atoms. The Hall–Kier alpha value is -1.80. The Labute approximate surface area is 124 Å². The van der Waals surface area contributed by atoms with Crippen molar-refractivity contribution in [1.82, 2.24) is 4.90 Å². The van der Waals surface area contributed by atoms with E-state index in [1.54, 1.807) is 0 Å². The fraction of sp³-hybridized carbons (Fsp3) is 0.235. The Balaban J connectivity index is 2.00. The van der Waals surface area contributed by atoms with Crippen LogP contribution in [0, 0.1) is 0 Å². The quantitative estimate of drug-likeness (QED) is 0.824. The molecule has 0 aromatic heterocycles. The molecule has 0 N–H and O–H groups in total. The van der Waals surface area contributed by atoms with Gasteiger partial charge in [0.2, 0.25) is 5.91 Å². The predicted octanol–water partition coefficient (Wildman–Crippen LogP) is 3.68. The smallest absolute Gasteiger partial charge is 0.230 e. The molecule has 1 saturated heterocycles. The van der Waals surface area contributed by atoms with Gasteiger partial charge in [-0.25, -0.2) is 0 Å². The molecule has 3 heteroatoms. The number of likely N-dealkylation sites (N-methyl/N-ethyl adjacent to an activating group) is 1. The number of carbonyl (C=O) groups excluding carboxylic acids is 1. The van der Waals surface area contributed by atoms with Gasteiger partial charge in [0.15, 0.2) is 0 Å². The van der Waals surface area contributed by atoms with Crippen LogP contribution in [-0.4, -0.2) is 24.4 Å². The van der Waals surface area contributed by atoms with Crippen LogP contribution < -0.4 is 0 Å². The number of hydrogen-bond acceptors (Lipinski definition) is 1. The van der Waals surface area contributed by atoms with E-state index >= 15 is 0 Å². The summed E-state index contributed by atoms with van der Waals surface area (Å²) in [7, 11) is 1.87. The van der Waals surface area contributed by atoms with Crippen LogP contribution in [0.15, 0.2) is 54.6 Å². The Kier molecular flexibility index (Phi) is 3.49. The van der Waals surface area contributed by atoms with Crippen LogP contribution in [0.5, 0.6) is 0 Å². The number of benzene rings is 2. The molecule has 1 amide bonds. The lowest BCUT2D eigenvalue weighted by molar-refractivity contribution is -0.127. The summed E-state index contributed by atoms with van der Waals surface area (Å²) in [5.41, 5.74) is 2.25. The van der Waals surface area contributed by atoms with Gasteiger partial charge in [-0.3, -0.25) is 4.79 Å². The van der Waals surface area contributed by atoms with E-state index in [2.05, 4.69) is 0 Å². The number of likely N-dealkylation sites (tertiary alicyclic amines) is 1. The van der Waals surface area contributed by atoms with Gasteiger partial charge in [0.25, 0.3) is 0 Å². The molecular formula is C17H16ClNO. The maximum atomic E-state index is 12.5. The highest BCUT2D eigenvalue weighted by Crippen LogP contribution is 2.40. The molecule has 3 rings (SSSR count). The molecule has 2 nitrogen and oxygen atoms in total.